The van der Waals surface area contributed by atoms with Crippen molar-refractivity contribution in [2.24, 2.45) is 0 Å². The quantitative estimate of drug-likeness (QED) is 0.827. The molecule has 1 fully saturated rings. The molecule has 0 radical (unpaired) electrons. The summed E-state index contributed by atoms with van der Waals surface area (Å²) in [6.45, 7) is 1.69. The molecule has 0 aromatic carbocycles. The number of pyridine rings is 1. The first-order valence-electron chi connectivity index (χ1n) is 7.09. The molecule has 0 bridgehead atoms. The molecule has 1 aromatic heterocycles. The van der Waals surface area contributed by atoms with Crippen LogP contribution in [0.3, 0.4) is 0 Å². The third kappa shape index (κ3) is 3.43. The Morgan fingerprint density at radius 1 is 1.33 bits per heavy atom. The second kappa shape index (κ2) is 6.44. The van der Waals surface area contributed by atoms with Gasteiger partial charge in [-0.3, -0.25) is 0 Å². The van der Waals surface area contributed by atoms with Gasteiger partial charge in [0.25, 0.3) is 0 Å². The minimum atomic E-state index is 0.0399. The number of rotatable bonds is 2. The Morgan fingerprint density at radius 3 is 2.57 bits per heavy atom. The number of amides is 2. The molecule has 21 heavy (non-hydrogen) atoms. The predicted molar refractivity (Wildman–Crippen MR) is 81.0 cm³/mol. The van der Waals surface area contributed by atoms with Gasteiger partial charge < -0.3 is 14.7 Å². The van der Waals surface area contributed by atoms with Crippen molar-refractivity contribution in [1.82, 2.24) is 14.8 Å². The van der Waals surface area contributed by atoms with Crippen molar-refractivity contribution in [3.8, 4) is 6.07 Å². The number of carbonyl (C=O) groups excluding carboxylic acids is 1. The van der Waals surface area contributed by atoms with E-state index in [9.17, 15) is 4.79 Å². The Kier molecular flexibility index (Phi) is 4.63. The molecule has 1 aliphatic rings. The lowest BCUT2D eigenvalue weighted by Gasteiger charge is -2.38. The summed E-state index contributed by atoms with van der Waals surface area (Å²) < 4.78 is 0. The lowest BCUT2D eigenvalue weighted by Crippen LogP contribution is -2.48. The maximum absolute atomic E-state index is 12.0. The summed E-state index contributed by atoms with van der Waals surface area (Å²) in [5.74, 6) is 0.842. The van der Waals surface area contributed by atoms with Crippen LogP contribution in [0.5, 0.6) is 0 Å². The molecule has 1 aromatic rings. The van der Waals surface area contributed by atoms with E-state index in [1.807, 2.05) is 24.1 Å². The molecule has 0 saturated carbocycles. The Labute approximate surface area is 125 Å². The number of anilines is 1. The highest BCUT2D eigenvalue weighted by atomic mass is 16.2. The number of carbonyl (C=O) groups is 1. The van der Waals surface area contributed by atoms with E-state index < -0.39 is 0 Å². The summed E-state index contributed by atoms with van der Waals surface area (Å²) in [6.07, 6.45) is 1.82. The standard InChI is InChI=1S/C15H21N5O/c1-18(2)15(21)19(3)13-7-9-20(10-8-13)14-6-4-5-12(11-16)17-14/h4-6,13H,7-10H2,1-3H3. The minimum Gasteiger partial charge on any atom is -0.356 e. The van der Waals surface area contributed by atoms with E-state index in [2.05, 4.69) is 16.0 Å². The van der Waals surface area contributed by atoms with Crippen LogP contribution in [0.1, 0.15) is 18.5 Å². The molecule has 6 nitrogen and oxygen atoms in total. The summed E-state index contributed by atoms with van der Waals surface area (Å²) >= 11 is 0. The molecule has 1 aliphatic heterocycles. The molecule has 1 saturated heterocycles. The first-order chi connectivity index (χ1) is 10.0. The molecule has 112 valence electrons. The summed E-state index contributed by atoms with van der Waals surface area (Å²) in [5, 5.41) is 8.91. The van der Waals surface area contributed by atoms with Gasteiger partial charge in [0.1, 0.15) is 17.6 Å². The van der Waals surface area contributed by atoms with Crippen LogP contribution in [0.15, 0.2) is 18.2 Å². The van der Waals surface area contributed by atoms with Gasteiger partial charge in [-0.1, -0.05) is 6.07 Å². The molecule has 0 unspecified atom stereocenters. The fraction of sp³-hybridized carbons (Fsp3) is 0.533. The van der Waals surface area contributed by atoms with Gasteiger partial charge in [0.2, 0.25) is 0 Å². The van der Waals surface area contributed by atoms with Gasteiger partial charge >= 0.3 is 6.03 Å². The highest BCUT2D eigenvalue weighted by Gasteiger charge is 2.26. The summed E-state index contributed by atoms with van der Waals surface area (Å²) in [4.78, 5) is 21.9. The van der Waals surface area contributed by atoms with Gasteiger partial charge in [0, 0.05) is 40.3 Å². The number of nitriles is 1. The van der Waals surface area contributed by atoms with Gasteiger partial charge in [-0.25, -0.2) is 9.78 Å². The third-order valence-electron chi connectivity index (χ3n) is 3.87. The monoisotopic (exact) mass is 287 g/mol. The van der Waals surface area contributed by atoms with Crippen molar-refractivity contribution >= 4 is 11.8 Å². The number of hydrogen-bond acceptors (Lipinski definition) is 4. The third-order valence-corrected chi connectivity index (χ3v) is 3.87. The second-order valence-electron chi connectivity index (χ2n) is 5.50. The minimum absolute atomic E-state index is 0.0399. The second-order valence-corrected chi connectivity index (χ2v) is 5.50. The maximum Gasteiger partial charge on any atom is 0.319 e. The highest BCUT2D eigenvalue weighted by molar-refractivity contribution is 5.73. The van der Waals surface area contributed by atoms with Gasteiger partial charge in [0.05, 0.1) is 0 Å². The van der Waals surface area contributed by atoms with E-state index in [0.717, 1.165) is 31.7 Å². The highest BCUT2D eigenvalue weighted by Crippen LogP contribution is 2.21. The fourth-order valence-corrected chi connectivity index (χ4v) is 2.62. The fourth-order valence-electron chi connectivity index (χ4n) is 2.62. The molecule has 0 aliphatic carbocycles. The molecule has 2 heterocycles. The van der Waals surface area contributed by atoms with Crippen molar-refractivity contribution in [2.75, 3.05) is 39.1 Å². The lowest BCUT2D eigenvalue weighted by atomic mass is 10.0. The van der Waals surface area contributed by atoms with Crippen molar-refractivity contribution in [2.45, 2.75) is 18.9 Å². The first-order valence-corrected chi connectivity index (χ1v) is 7.09. The Morgan fingerprint density at radius 2 is 2.00 bits per heavy atom. The van der Waals surface area contributed by atoms with Crippen molar-refractivity contribution < 1.29 is 4.79 Å². The molecule has 6 heteroatoms. The van der Waals surface area contributed by atoms with Crippen LogP contribution < -0.4 is 4.90 Å². The van der Waals surface area contributed by atoms with Crippen molar-refractivity contribution in [3.63, 3.8) is 0 Å². The SMILES string of the molecule is CN(C)C(=O)N(C)C1CCN(c2cccc(C#N)n2)CC1. The van der Waals surface area contributed by atoms with E-state index in [1.165, 1.54) is 0 Å². The molecule has 0 N–H and O–H groups in total. The van der Waals surface area contributed by atoms with Crippen molar-refractivity contribution in [1.29, 1.82) is 5.26 Å². The van der Waals surface area contributed by atoms with Crippen LogP contribution in [-0.4, -0.2) is 61.1 Å². The van der Waals surface area contributed by atoms with E-state index in [4.69, 9.17) is 5.26 Å². The van der Waals surface area contributed by atoms with E-state index in [0.29, 0.717) is 5.69 Å². The number of piperidine rings is 1. The molecular weight excluding hydrogens is 266 g/mol. The number of hydrogen-bond donors (Lipinski definition) is 0. The van der Waals surface area contributed by atoms with Gasteiger partial charge in [-0.05, 0) is 25.0 Å². The van der Waals surface area contributed by atoms with Crippen LogP contribution in [0.4, 0.5) is 10.6 Å². The number of urea groups is 1. The molecule has 2 amide bonds. The number of aromatic nitrogens is 1. The van der Waals surface area contributed by atoms with Crippen LogP contribution in [-0.2, 0) is 0 Å². The lowest BCUT2D eigenvalue weighted by molar-refractivity contribution is 0.155. The maximum atomic E-state index is 12.0. The van der Waals surface area contributed by atoms with E-state index >= 15 is 0 Å². The van der Waals surface area contributed by atoms with Crippen LogP contribution in [0.2, 0.25) is 0 Å². The average Bonchev–Trinajstić information content (AvgIpc) is 2.53. The number of nitrogens with zero attached hydrogens (tertiary/aromatic N) is 5. The topological polar surface area (TPSA) is 63.5 Å². The summed E-state index contributed by atoms with van der Waals surface area (Å²) in [7, 11) is 5.40. The molecule has 2 rings (SSSR count). The zero-order valence-corrected chi connectivity index (χ0v) is 12.8. The van der Waals surface area contributed by atoms with E-state index in [1.54, 1.807) is 25.1 Å². The van der Waals surface area contributed by atoms with Gasteiger partial charge in [-0.2, -0.15) is 5.26 Å². The summed E-state index contributed by atoms with van der Waals surface area (Å²) in [6, 6.07) is 7.85. The van der Waals surface area contributed by atoms with Crippen molar-refractivity contribution in [3.05, 3.63) is 23.9 Å². The van der Waals surface area contributed by atoms with Gasteiger partial charge in [0.15, 0.2) is 0 Å². The Balaban J connectivity index is 1.97. The average molecular weight is 287 g/mol. The summed E-state index contributed by atoms with van der Waals surface area (Å²) in [5.41, 5.74) is 0.439. The Hall–Kier alpha value is -2.29. The predicted octanol–water partition coefficient (Wildman–Crippen LogP) is 1.54. The van der Waals surface area contributed by atoms with Gasteiger partial charge in [-0.15, -0.1) is 0 Å². The van der Waals surface area contributed by atoms with Crippen LogP contribution >= 0.6 is 0 Å². The molecule has 0 spiro atoms. The first kappa shape index (κ1) is 15.1. The molecule has 0 atom stereocenters. The van der Waals surface area contributed by atoms with E-state index in [-0.39, 0.29) is 12.1 Å². The normalized spacial score (nSPS) is 15.4. The van der Waals surface area contributed by atoms with Crippen LogP contribution in [0.25, 0.3) is 0 Å². The zero-order valence-electron chi connectivity index (χ0n) is 12.8. The molecular formula is C15H21N5O. The largest absolute Gasteiger partial charge is 0.356 e. The smallest absolute Gasteiger partial charge is 0.319 e. The zero-order chi connectivity index (χ0) is 15.4. The van der Waals surface area contributed by atoms with Crippen LogP contribution in [0, 0.1) is 11.3 Å². The Bertz CT molecular complexity index is 543.